The topological polar surface area (TPSA) is 32.3 Å². The molecule has 0 bridgehead atoms. The van der Waals surface area contributed by atoms with E-state index in [0.29, 0.717) is 6.04 Å². The Morgan fingerprint density at radius 1 is 1.44 bits per heavy atom. The maximum Gasteiger partial charge on any atom is 0.219 e. The molecule has 2 rings (SSSR count). The van der Waals surface area contributed by atoms with Gasteiger partial charge < -0.3 is 10.2 Å². The Balaban J connectivity index is 1.86. The number of nitrogens with zero attached hydrogens (tertiary/aromatic N) is 1. The van der Waals surface area contributed by atoms with Crippen LogP contribution in [0.25, 0.3) is 0 Å². The third kappa shape index (κ3) is 2.55. The van der Waals surface area contributed by atoms with Crippen molar-refractivity contribution in [3.8, 4) is 0 Å². The maximum absolute atomic E-state index is 11.2. The van der Waals surface area contributed by atoms with Gasteiger partial charge in [0.2, 0.25) is 5.91 Å². The zero-order valence-electron chi connectivity index (χ0n) is 9.82. The minimum Gasteiger partial charge on any atom is -0.381 e. The fourth-order valence-corrected chi connectivity index (χ4v) is 2.86. The summed E-state index contributed by atoms with van der Waals surface area (Å²) in [5.41, 5.74) is 2.57. The van der Waals surface area contributed by atoms with Crippen molar-refractivity contribution in [2.75, 3.05) is 18.4 Å². The van der Waals surface area contributed by atoms with Crippen molar-refractivity contribution in [1.82, 2.24) is 4.90 Å². The molecule has 0 unspecified atom stereocenters. The van der Waals surface area contributed by atoms with E-state index in [-0.39, 0.29) is 5.91 Å². The van der Waals surface area contributed by atoms with E-state index < -0.39 is 0 Å². The van der Waals surface area contributed by atoms with E-state index in [4.69, 9.17) is 0 Å². The van der Waals surface area contributed by atoms with Gasteiger partial charge in [-0.25, -0.2) is 0 Å². The minimum absolute atomic E-state index is 0.199. The molecule has 1 aromatic rings. The van der Waals surface area contributed by atoms with Crippen molar-refractivity contribution < 1.29 is 4.79 Å². The van der Waals surface area contributed by atoms with Crippen LogP contribution in [0.15, 0.2) is 10.8 Å². The second-order valence-corrected chi connectivity index (χ2v) is 5.14. The standard InChI is InChI=1S/C12H18N2OS/c1-9-7-16-8-12(9)13-11-3-5-14(6-4-11)10(2)15/h7-8,11,13H,3-6H2,1-2H3. The van der Waals surface area contributed by atoms with Crippen molar-refractivity contribution >= 4 is 22.9 Å². The predicted molar refractivity (Wildman–Crippen MR) is 68.0 cm³/mol. The second kappa shape index (κ2) is 4.87. The van der Waals surface area contributed by atoms with Gasteiger partial charge in [-0.15, -0.1) is 11.3 Å². The molecule has 1 aromatic heterocycles. The Labute approximate surface area is 100 Å². The monoisotopic (exact) mass is 238 g/mol. The lowest BCUT2D eigenvalue weighted by Crippen LogP contribution is -2.41. The molecule has 1 aliphatic rings. The van der Waals surface area contributed by atoms with Crippen molar-refractivity contribution in [3.63, 3.8) is 0 Å². The van der Waals surface area contributed by atoms with Crippen molar-refractivity contribution in [2.24, 2.45) is 0 Å². The maximum atomic E-state index is 11.2. The SMILES string of the molecule is CC(=O)N1CCC(Nc2cscc2C)CC1. The van der Waals surface area contributed by atoms with Gasteiger partial charge in [0.15, 0.2) is 0 Å². The van der Waals surface area contributed by atoms with Crippen LogP contribution >= 0.6 is 11.3 Å². The molecule has 0 atom stereocenters. The number of piperidine rings is 1. The Kier molecular flexibility index (Phi) is 3.49. The normalized spacial score (nSPS) is 17.5. The number of thiophene rings is 1. The molecular formula is C12H18N2OS. The van der Waals surface area contributed by atoms with E-state index in [1.165, 1.54) is 11.3 Å². The van der Waals surface area contributed by atoms with Crippen molar-refractivity contribution in [1.29, 1.82) is 0 Å². The quantitative estimate of drug-likeness (QED) is 0.858. The molecule has 1 amide bonds. The van der Waals surface area contributed by atoms with E-state index in [2.05, 4.69) is 23.0 Å². The molecule has 4 heteroatoms. The zero-order chi connectivity index (χ0) is 11.5. The van der Waals surface area contributed by atoms with Gasteiger partial charge in [-0.3, -0.25) is 4.79 Å². The number of hydrogen-bond acceptors (Lipinski definition) is 3. The summed E-state index contributed by atoms with van der Waals surface area (Å²) in [7, 11) is 0. The largest absolute Gasteiger partial charge is 0.381 e. The number of aryl methyl sites for hydroxylation is 1. The third-order valence-corrected chi connectivity index (χ3v) is 4.02. The molecule has 0 spiro atoms. The average Bonchev–Trinajstić information content (AvgIpc) is 2.65. The van der Waals surface area contributed by atoms with Gasteiger partial charge in [0, 0.05) is 37.1 Å². The summed E-state index contributed by atoms with van der Waals surface area (Å²) in [5.74, 6) is 0.199. The Morgan fingerprint density at radius 2 is 2.12 bits per heavy atom. The number of rotatable bonds is 2. The van der Waals surface area contributed by atoms with Crippen LogP contribution in [0.5, 0.6) is 0 Å². The summed E-state index contributed by atoms with van der Waals surface area (Å²) in [6.45, 7) is 5.55. The summed E-state index contributed by atoms with van der Waals surface area (Å²) in [6.07, 6.45) is 2.10. The molecule has 1 aliphatic heterocycles. The van der Waals surface area contributed by atoms with Crippen LogP contribution in [0.4, 0.5) is 5.69 Å². The highest BCUT2D eigenvalue weighted by Crippen LogP contribution is 2.23. The fourth-order valence-electron chi connectivity index (χ4n) is 2.07. The molecule has 1 saturated heterocycles. The Morgan fingerprint density at radius 3 is 2.62 bits per heavy atom. The van der Waals surface area contributed by atoms with Gasteiger partial charge in [0.25, 0.3) is 0 Å². The number of carbonyl (C=O) groups is 1. The minimum atomic E-state index is 0.199. The van der Waals surface area contributed by atoms with E-state index in [1.54, 1.807) is 18.3 Å². The van der Waals surface area contributed by atoms with Gasteiger partial charge in [-0.1, -0.05) is 0 Å². The van der Waals surface area contributed by atoms with Crippen LogP contribution < -0.4 is 5.32 Å². The van der Waals surface area contributed by atoms with Gasteiger partial charge in [-0.05, 0) is 30.7 Å². The molecule has 0 aromatic carbocycles. The summed E-state index contributed by atoms with van der Waals surface area (Å²) in [6, 6.07) is 0.518. The second-order valence-electron chi connectivity index (χ2n) is 4.39. The zero-order valence-corrected chi connectivity index (χ0v) is 10.6. The summed E-state index contributed by atoms with van der Waals surface area (Å²) in [4.78, 5) is 13.1. The summed E-state index contributed by atoms with van der Waals surface area (Å²) in [5, 5.41) is 7.88. The number of amides is 1. The lowest BCUT2D eigenvalue weighted by molar-refractivity contribution is -0.129. The Hall–Kier alpha value is -1.03. The predicted octanol–water partition coefficient (Wildman–Crippen LogP) is 2.48. The first-order valence-corrected chi connectivity index (χ1v) is 6.66. The molecule has 1 fully saturated rings. The van der Waals surface area contributed by atoms with E-state index in [9.17, 15) is 4.79 Å². The van der Waals surface area contributed by atoms with E-state index in [1.807, 2.05) is 4.90 Å². The van der Waals surface area contributed by atoms with Crippen LogP contribution in [0.2, 0.25) is 0 Å². The molecular weight excluding hydrogens is 220 g/mol. The first-order valence-electron chi connectivity index (χ1n) is 5.71. The number of hydrogen-bond donors (Lipinski definition) is 1. The fraction of sp³-hybridized carbons (Fsp3) is 0.583. The molecule has 0 radical (unpaired) electrons. The highest BCUT2D eigenvalue weighted by molar-refractivity contribution is 7.08. The molecule has 3 nitrogen and oxygen atoms in total. The van der Waals surface area contributed by atoms with Crippen LogP contribution in [-0.2, 0) is 4.79 Å². The van der Waals surface area contributed by atoms with Crippen molar-refractivity contribution in [3.05, 3.63) is 16.3 Å². The van der Waals surface area contributed by atoms with Crippen molar-refractivity contribution in [2.45, 2.75) is 32.7 Å². The molecule has 0 aliphatic carbocycles. The molecule has 0 saturated carbocycles. The van der Waals surface area contributed by atoms with Gasteiger partial charge >= 0.3 is 0 Å². The van der Waals surface area contributed by atoms with Crippen LogP contribution in [0.3, 0.4) is 0 Å². The molecule has 2 heterocycles. The summed E-state index contributed by atoms with van der Waals surface area (Å²) >= 11 is 1.73. The first-order chi connectivity index (χ1) is 7.66. The number of nitrogens with one attached hydrogen (secondary N) is 1. The highest BCUT2D eigenvalue weighted by atomic mass is 32.1. The van der Waals surface area contributed by atoms with Gasteiger partial charge in [0.05, 0.1) is 0 Å². The van der Waals surface area contributed by atoms with Gasteiger partial charge in [0.1, 0.15) is 0 Å². The molecule has 16 heavy (non-hydrogen) atoms. The highest BCUT2D eigenvalue weighted by Gasteiger charge is 2.20. The molecule has 1 N–H and O–H groups in total. The first kappa shape index (κ1) is 11.5. The summed E-state index contributed by atoms with van der Waals surface area (Å²) < 4.78 is 0. The Bertz CT molecular complexity index is 367. The van der Waals surface area contributed by atoms with E-state index >= 15 is 0 Å². The lowest BCUT2D eigenvalue weighted by Gasteiger charge is -2.32. The smallest absolute Gasteiger partial charge is 0.219 e. The van der Waals surface area contributed by atoms with E-state index in [0.717, 1.165) is 25.9 Å². The lowest BCUT2D eigenvalue weighted by atomic mass is 10.0. The number of anilines is 1. The van der Waals surface area contributed by atoms with Crippen LogP contribution in [0.1, 0.15) is 25.3 Å². The average molecular weight is 238 g/mol. The van der Waals surface area contributed by atoms with Crippen LogP contribution in [-0.4, -0.2) is 29.9 Å². The number of likely N-dealkylation sites (tertiary alicyclic amines) is 1. The third-order valence-electron chi connectivity index (χ3n) is 3.16. The van der Waals surface area contributed by atoms with Crippen LogP contribution in [0, 0.1) is 6.92 Å². The number of carbonyl (C=O) groups excluding carboxylic acids is 1. The van der Waals surface area contributed by atoms with Gasteiger partial charge in [-0.2, -0.15) is 0 Å². The molecule has 88 valence electrons.